The maximum atomic E-state index is 6.33. The minimum Gasteiger partial charge on any atom is -0.492 e. The fraction of sp³-hybridized carbons (Fsp3) is 0.625. The van der Waals surface area contributed by atoms with E-state index in [0.717, 1.165) is 35.8 Å². The number of halogens is 1. The minimum absolute atomic E-state index is 0.0768. The highest BCUT2D eigenvalue weighted by Gasteiger charge is 2.21. The summed E-state index contributed by atoms with van der Waals surface area (Å²) in [5, 5.41) is 0.648. The van der Waals surface area contributed by atoms with Crippen LogP contribution in [0.25, 0.3) is 0 Å². The molecule has 3 nitrogen and oxygen atoms in total. The Morgan fingerprint density at radius 1 is 1.40 bits per heavy atom. The van der Waals surface area contributed by atoms with Crippen molar-refractivity contribution in [3.63, 3.8) is 0 Å². The highest BCUT2D eigenvalue weighted by Crippen LogP contribution is 2.32. The molecule has 1 atom stereocenters. The lowest BCUT2D eigenvalue weighted by molar-refractivity contribution is 0.111. The molecule has 1 aromatic rings. The summed E-state index contributed by atoms with van der Waals surface area (Å²) in [5.74, 6) is 1.54. The molecule has 1 aromatic carbocycles. The molecule has 0 aromatic heterocycles. The maximum absolute atomic E-state index is 6.33. The third-order valence-electron chi connectivity index (χ3n) is 3.33. The molecule has 20 heavy (non-hydrogen) atoms. The van der Waals surface area contributed by atoms with E-state index in [4.69, 9.17) is 26.8 Å². The SMILES string of the molecule is CCOc1c(Cl)cc(COCC2CC2)cc1CC(C)N. The molecule has 1 unspecified atom stereocenters. The summed E-state index contributed by atoms with van der Waals surface area (Å²) in [6.07, 6.45) is 3.37. The monoisotopic (exact) mass is 297 g/mol. The van der Waals surface area contributed by atoms with Crippen molar-refractivity contribution >= 4 is 11.6 Å². The fourth-order valence-electron chi connectivity index (χ4n) is 2.23. The van der Waals surface area contributed by atoms with E-state index in [0.29, 0.717) is 18.2 Å². The van der Waals surface area contributed by atoms with Gasteiger partial charge < -0.3 is 15.2 Å². The van der Waals surface area contributed by atoms with Gasteiger partial charge in [0, 0.05) is 12.6 Å². The predicted octanol–water partition coefficient (Wildman–Crippen LogP) is 3.56. The Balaban J connectivity index is 2.08. The molecular weight excluding hydrogens is 274 g/mol. The average molecular weight is 298 g/mol. The highest BCUT2D eigenvalue weighted by molar-refractivity contribution is 6.32. The summed E-state index contributed by atoms with van der Waals surface area (Å²) in [6.45, 7) is 6.00. The molecule has 1 aliphatic carbocycles. The zero-order chi connectivity index (χ0) is 14.5. The molecule has 1 fully saturated rings. The van der Waals surface area contributed by atoms with E-state index in [1.54, 1.807) is 0 Å². The lowest BCUT2D eigenvalue weighted by Crippen LogP contribution is -2.18. The quantitative estimate of drug-likeness (QED) is 0.798. The average Bonchev–Trinajstić information content (AvgIpc) is 3.17. The second kappa shape index (κ2) is 7.30. The molecule has 0 saturated heterocycles. The Labute approximate surface area is 126 Å². The van der Waals surface area contributed by atoms with Crippen molar-refractivity contribution in [2.45, 2.75) is 45.8 Å². The topological polar surface area (TPSA) is 44.5 Å². The van der Waals surface area contributed by atoms with Crippen LogP contribution in [0.5, 0.6) is 5.75 Å². The zero-order valence-electron chi connectivity index (χ0n) is 12.3. The lowest BCUT2D eigenvalue weighted by Gasteiger charge is -2.16. The summed E-state index contributed by atoms with van der Waals surface area (Å²) in [5.41, 5.74) is 8.07. The van der Waals surface area contributed by atoms with Gasteiger partial charge in [-0.2, -0.15) is 0 Å². The first-order valence-electron chi connectivity index (χ1n) is 7.37. The van der Waals surface area contributed by atoms with E-state index >= 15 is 0 Å². The van der Waals surface area contributed by atoms with Gasteiger partial charge in [0.1, 0.15) is 5.75 Å². The van der Waals surface area contributed by atoms with Crippen molar-refractivity contribution in [1.29, 1.82) is 0 Å². The minimum atomic E-state index is 0.0768. The van der Waals surface area contributed by atoms with E-state index < -0.39 is 0 Å². The Hall–Kier alpha value is -0.770. The van der Waals surface area contributed by atoms with Gasteiger partial charge in [-0.1, -0.05) is 11.6 Å². The van der Waals surface area contributed by atoms with Crippen molar-refractivity contribution in [3.8, 4) is 5.75 Å². The van der Waals surface area contributed by atoms with E-state index in [2.05, 4.69) is 6.07 Å². The van der Waals surface area contributed by atoms with Gasteiger partial charge in [-0.05, 0) is 62.3 Å². The third kappa shape index (κ3) is 4.65. The molecule has 0 spiro atoms. The van der Waals surface area contributed by atoms with Crippen LogP contribution in [0, 0.1) is 5.92 Å². The van der Waals surface area contributed by atoms with Crippen molar-refractivity contribution < 1.29 is 9.47 Å². The van der Waals surface area contributed by atoms with Crippen LogP contribution >= 0.6 is 11.6 Å². The molecule has 1 aliphatic rings. The summed E-state index contributed by atoms with van der Waals surface area (Å²) in [6, 6.07) is 4.12. The molecule has 112 valence electrons. The summed E-state index contributed by atoms with van der Waals surface area (Å²) < 4.78 is 11.4. The van der Waals surface area contributed by atoms with Gasteiger partial charge in [0.25, 0.3) is 0 Å². The number of hydrogen-bond donors (Lipinski definition) is 1. The van der Waals surface area contributed by atoms with Crippen molar-refractivity contribution in [2.24, 2.45) is 11.7 Å². The van der Waals surface area contributed by atoms with Crippen LogP contribution in [0.3, 0.4) is 0 Å². The van der Waals surface area contributed by atoms with Crippen LogP contribution in [-0.4, -0.2) is 19.3 Å². The van der Waals surface area contributed by atoms with Crippen molar-refractivity contribution in [1.82, 2.24) is 0 Å². The van der Waals surface area contributed by atoms with Crippen LogP contribution in [0.1, 0.15) is 37.8 Å². The number of hydrogen-bond acceptors (Lipinski definition) is 3. The molecule has 0 radical (unpaired) electrons. The number of ether oxygens (including phenoxy) is 2. The van der Waals surface area contributed by atoms with Crippen LogP contribution in [0.15, 0.2) is 12.1 Å². The van der Waals surface area contributed by atoms with Crippen LogP contribution < -0.4 is 10.5 Å². The Morgan fingerprint density at radius 3 is 2.75 bits per heavy atom. The molecule has 0 heterocycles. The summed E-state index contributed by atoms with van der Waals surface area (Å²) in [7, 11) is 0. The van der Waals surface area contributed by atoms with Crippen LogP contribution in [-0.2, 0) is 17.8 Å². The Kier molecular flexibility index (Phi) is 5.70. The van der Waals surface area contributed by atoms with Crippen LogP contribution in [0.4, 0.5) is 0 Å². The first-order valence-corrected chi connectivity index (χ1v) is 7.75. The molecule has 2 rings (SSSR count). The van der Waals surface area contributed by atoms with Gasteiger partial charge in [-0.15, -0.1) is 0 Å². The molecule has 4 heteroatoms. The standard InChI is InChI=1S/C16H24ClNO2/c1-3-20-16-14(6-11(2)18)7-13(8-15(16)17)10-19-9-12-4-5-12/h7-8,11-12H,3-6,9-10,18H2,1-2H3. The molecule has 0 amide bonds. The zero-order valence-corrected chi connectivity index (χ0v) is 13.1. The largest absolute Gasteiger partial charge is 0.492 e. The van der Waals surface area contributed by atoms with E-state index in [-0.39, 0.29) is 6.04 Å². The maximum Gasteiger partial charge on any atom is 0.141 e. The highest BCUT2D eigenvalue weighted by atomic mass is 35.5. The van der Waals surface area contributed by atoms with Gasteiger partial charge in [0.2, 0.25) is 0 Å². The van der Waals surface area contributed by atoms with Crippen LogP contribution in [0.2, 0.25) is 5.02 Å². The smallest absolute Gasteiger partial charge is 0.141 e. The normalized spacial score (nSPS) is 16.2. The second-order valence-electron chi connectivity index (χ2n) is 5.64. The molecule has 0 bridgehead atoms. The molecule has 1 saturated carbocycles. The van der Waals surface area contributed by atoms with E-state index in [1.165, 1.54) is 12.8 Å². The Bertz CT molecular complexity index is 444. The number of benzene rings is 1. The summed E-state index contributed by atoms with van der Waals surface area (Å²) in [4.78, 5) is 0. The van der Waals surface area contributed by atoms with E-state index in [9.17, 15) is 0 Å². The third-order valence-corrected chi connectivity index (χ3v) is 3.61. The first-order chi connectivity index (χ1) is 9.60. The van der Waals surface area contributed by atoms with Gasteiger partial charge >= 0.3 is 0 Å². The van der Waals surface area contributed by atoms with E-state index in [1.807, 2.05) is 19.9 Å². The molecule has 0 aliphatic heterocycles. The van der Waals surface area contributed by atoms with Gasteiger partial charge in [-0.3, -0.25) is 0 Å². The van der Waals surface area contributed by atoms with Gasteiger partial charge in [0.15, 0.2) is 0 Å². The van der Waals surface area contributed by atoms with Crippen molar-refractivity contribution in [3.05, 3.63) is 28.3 Å². The predicted molar refractivity (Wildman–Crippen MR) is 82.4 cm³/mol. The first kappa shape index (κ1) is 15.6. The lowest BCUT2D eigenvalue weighted by atomic mass is 10.0. The summed E-state index contributed by atoms with van der Waals surface area (Å²) >= 11 is 6.33. The number of rotatable bonds is 8. The molecule has 2 N–H and O–H groups in total. The van der Waals surface area contributed by atoms with Gasteiger partial charge in [0.05, 0.1) is 18.2 Å². The van der Waals surface area contributed by atoms with Gasteiger partial charge in [-0.25, -0.2) is 0 Å². The number of nitrogens with two attached hydrogens (primary N) is 1. The molecular formula is C16H24ClNO2. The Morgan fingerprint density at radius 2 is 2.15 bits per heavy atom. The second-order valence-corrected chi connectivity index (χ2v) is 6.05. The van der Waals surface area contributed by atoms with Crippen molar-refractivity contribution in [2.75, 3.05) is 13.2 Å². The fourth-order valence-corrected chi connectivity index (χ4v) is 2.54.